The lowest BCUT2D eigenvalue weighted by atomic mass is 10.4. The Morgan fingerprint density at radius 3 is 2.50 bits per heavy atom. The van der Waals surface area contributed by atoms with Crippen molar-refractivity contribution >= 4 is 17.0 Å². The second kappa shape index (κ2) is 4.33. The van der Waals surface area contributed by atoms with E-state index in [9.17, 15) is 0 Å². The quantitative estimate of drug-likeness (QED) is 0.744. The van der Waals surface area contributed by atoms with Gasteiger partial charge in [0.2, 0.25) is 6.29 Å². The number of rotatable bonds is 3. The predicted octanol–water partition coefficient (Wildman–Crippen LogP) is 0.293. The van der Waals surface area contributed by atoms with E-state index in [1.807, 2.05) is 0 Å². The van der Waals surface area contributed by atoms with Crippen molar-refractivity contribution in [1.82, 2.24) is 19.9 Å². The fourth-order valence-electron chi connectivity index (χ4n) is 1.32. The van der Waals surface area contributed by atoms with Crippen molar-refractivity contribution in [3.8, 4) is 0 Å². The third kappa shape index (κ3) is 1.77. The number of methoxy groups -OCH3 is 2. The number of fused-ring (bicyclic) bond motifs is 1. The summed E-state index contributed by atoms with van der Waals surface area (Å²) < 4.78 is 10.1. The summed E-state index contributed by atoms with van der Waals surface area (Å²) in [6, 6.07) is 0. The molecule has 84 valence electrons. The minimum atomic E-state index is -0.659. The van der Waals surface area contributed by atoms with Crippen LogP contribution in [-0.2, 0) is 9.47 Å². The van der Waals surface area contributed by atoms with Crippen LogP contribution >= 0.6 is 0 Å². The van der Waals surface area contributed by atoms with Gasteiger partial charge in [-0.2, -0.15) is 0 Å². The van der Waals surface area contributed by atoms with Crippen LogP contribution in [0.5, 0.6) is 0 Å². The second-order valence-electron chi connectivity index (χ2n) is 3.00. The highest BCUT2D eigenvalue weighted by Crippen LogP contribution is 2.18. The van der Waals surface area contributed by atoms with E-state index in [1.165, 1.54) is 26.6 Å². The molecule has 0 bridgehead atoms. The summed E-state index contributed by atoms with van der Waals surface area (Å²) in [6.07, 6.45) is 2.41. The lowest BCUT2D eigenvalue weighted by molar-refractivity contribution is -0.111. The summed E-state index contributed by atoms with van der Waals surface area (Å²) in [6.45, 7) is 0. The van der Waals surface area contributed by atoms with Gasteiger partial charge in [0.05, 0.1) is 0 Å². The minimum absolute atomic E-state index is 0.257. The molecule has 16 heavy (non-hydrogen) atoms. The molecule has 0 spiro atoms. The molecule has 0 atom stereocenters. The Kier molecular flexibility index (Phi) is 2.88. The van der Waals surface area contributed by atoms with Crippen LogP contribution in [-0.4, -0.2) is 34.2 Å². The molecule has 2 aromatic heterocycles. The lowest BCUT2D eigenvalue weighted by Gasteiger charge is -2.12. The Balaban J connectivity index is 2.57. The second-order valence-corrected chi connectivity index (χ2v) is 3.00. The van der Waals surface area contributed by atoms with E-state index >= 15 is 0 Å². The molecule has 0 amide bonds. The van der Waals surface area contributed by atoms with Gasteiger partial charge in [-0.25, -0.2) is 19.9 Å². The molecule has 0 fully saturated rings. The van der Waals surface area contributed by atoms with Crippen molar-refractivity contribution in [3.05, 3.63) is 18.2 Å². The Bertz CT molecular complexity index is 500. The molecule has 7 nitrogen and oxygen atoms in total. The highest BCUT2D eigenvalue weighted by Gasteiger charge is 2.15. The van der Waals surface area contributed by atoms with E-state index in [-0.39, 0.29) is 5.82 Å². The molecular formula is C9H11N5O2. The molecule has 0 saturated heterocycles. The van der Waals surface area contributed by atoms with Crippen LogP contribution in [0, 0.1) is 0 Å². The standard InChI is InChI=1S/C9H11N5O2/c1-15-9(16-2)8-13-6(10)5-7(14-8)12-4-3-11-5/h3-4,9H,1-2H3,(H2,10,12,13,14). The number of nitrogens with zero attached hydrogens (tertiary/aromatic N) is 4. The van der Waals surface area contributed by atoms with Crippen molar-refractivity contribution in [2.24, 2.45) is 0 Å². The first-order chi connectivity index (χ1) is 7.76. The highest BCUT2D eigenvalue weighted by atomic mass is 16.7. The SMILES string of the molecule is COC(OC)c1nc(N)c2nccnc2n1. The van der Waals surface area contributed by atoms with Gasteiger partial charge in [0.15, 0.2) is 17.3 Å². The number of nitrogens with two attached hydrogens (primary N) is 1. The molecule has 0 saturated carbocycles. The maximum absolute atomic E-state index is 5.74. The van der Waals surface area contributed by atoms with Crippen molar-refractivity contribution in [3.63, 3.8) is 0 Å². The van der Waals surface area contributed by atoms with Gasteiger partial charge in [-0.15, -0.1) is 0 Å². The molecule has 2 N–H and O–H groups in total. The van der Waals surface area contributed by atoms with Gasteiger partial charge in [0.1, 0.15) is 5.52 Å². The Morgan fingerprint density at radius 2 is 1.81 bits per heavy atom. The number of ether oxygens (including phenoxy) is 2. The lowest BCUT2D eigenvalue weighted by Crippen LogP contribution is -2.11. The van der Waals surface area contributed by atoms with E-state index in [0.29, 0.717) is 17.0 Å². The maximum Gasteiger partial charge on any atom is 0.218 e. The van der Waals surface area contributed by atoms with E-state index in [2.05, 4.69) is 19.9 Å². The zero-order chi connectivity index (χ0) is 11.5. The largest absolute Gasteiger partial charge is 0.382 e. The summed E-state index contributed by atoms with van der Waals surface area (Å²) in [4.78, 5) is 16.3. The van der Waals surface area contributed by atoms with Crippen LogP contribution in [0.3, 0.4) is 0 Å². The summed E-state index contributed by atoms with van der Waals surface area (Å²) in [5.74, 6) is 0.586. The van der Waals surface area contributed by atoms with Gasteiger partial charge < -0.3 is 15.2 Å². The normalized spacial score (nSPS) is 11.2. The molecule has 2 heterocycles. The third-order valence-corrected chi connectivity index (χ3v) is 2.02. The van der Waals surface area contributed by atoms with Crippen molar-refractivity contribution in [1.29, 1.82) is 0 Å². The monoisotopic (exact) mass is 221 g/mol. The zero-order valence-electron chi connectivity index (χ0n) is 8.91. The number of aromatic nitrogens is 4. The molecule has 0 unspecified atom stereocenters. The first-order valence-corrected chi connectivity index (χ1v) is 4.56. The maximum atomic E-state index is 5.74. The third-order valence-electron chi connectivity index (χ3n) is 2.02. The van der Waals surface area contributed by atoms with Crippen LogP contribution in [0.1, 0.15) is 12.1 Å². The van der Waals surface area contributed by atoms with Gasteiger partial charge in [-0.1, -0.05) is 0 Å². The van der Waals surface area contributed by atoms with Crippen molar-refractivity contribution in [2.75, 3.05) is 20.0 Å². The molecule has 0 aliphatic carbocycles. The summed E-state index contributed by atoms with van der Waals surface area (Å²) in [7, 11) is 2.99. The highest BCUT2D eigenvalue weighted by molar-refractivity contribution is 5.80. The van der Waals surface area contributed by atoms with Gasteiger partial charge in [0, 0.05) is 26.6 Å². The zero-order valence-corrected chi connectivity index (χ0v) is 8.91. The summed E-state index contributed by atoms with van der Waals surface area (Å²) in [5, 5.41) is 0. The molecule has 0 aliphatic rings. The van der Waals surface area contributed by atoms with E-state index in [4.69, 9.17) is 15.2 Å². The van der Waals surface area contributed by atoms with Crippen LogP contribution < -0.4 is 5.73 Å². The average molecular weight is 221 g/mol. The molecule has 0 aliphatic heterocycles. The van der Waals surface area contributed by atoms with Gasteiger partial charge >= 0.3 is 0 Å². The predicted molar refractivity (Wildman–Crippen MR) is 56.3 cm³/mol. The van der Waals surface area contributed by atoms with Gasteiger partial charge in [-0.3, -0.25) is 0 Å². The van der Waals surface area contributed by atoms with E-state index < -0.39 is 6.29 Å². The van der Waals surface area contributed by atoms with Crippen LogP contribution in [0.25, 0.3) is 11.2 Å². The van der Waals surface area contributed by atoms with Gasteiger partial charge in [-0.05, 0) is 0 Å². The van der Waals surface area contributed by atoms with Crippen LogP contribution in [0.4, 0.5) is 5.82 Å². The summed E-state index contributed by atoms with van der Waals surface area (Å²) in [5.41, 5.74) is 6.63. The smallest absolute Gasteiger partial charge is 0.218 e. The van der Waals surface area contributed by atoms with Crippen LogP contribution in [0.2, 0.25) is 0 Å². The number of hydrogen-bond donors (Lipinski definition) is 1. The molecule has 2 rings (SSSR count). The minimum Gasteiger partial charge on any atom is -0.382 e. The van der Waals surface area contributed by atoms with Crippen molar-refractivity contribution < 1.29 is 9.47 Å². The fraction of sp³-hybridized carbons (Fsp3) is 0.333. The van der Waals surface area contributed by atoms with Gasteiger partial charge in [0.25, 0.3) is 0 Å². The summed E-state index contributed by atoms with van der Waals surface area (Å²) >= 11 is 0. The van der Waals surface area contributed by atoms with E-state index in [1.54, 1.807) is 0 Å². The number of anilines is 1. The molecule has 7 heteroatoms. The molecule has 0 aromatic carbocycles. The average Bonchev–Trinajstić information content (AvgIpc) is 2.31. The first-order valence-electron chi connectivity index (χ1n) is 4.56. The number of nitrogen functional groups attached to an aromatic ring is 1. The van der Waals surface area contributed by atoms with Crippen LogP contribution in [0.15, 0.2) is 12.4 Å². The number of hydrogen-bond acceptors (Lipinski definition) is 7. The van der Waals surface area contributed by atoms with E-state index in [0.717, 1.165) is 0 Å². The first kappa shape index (κ1) is 10.7. The molecule has 2 aromatic rings. The molecular weight excluding hydrogens is 210 g/mol. The Morgan fingerprint density at radius 1 is 1.12 bits per heavy atom. The topological polar surface area (TPSA) is 96.0 Å². The Labute approximate surface area is 91.7 Å². The molecule has 0 radical (unpaired) electrons. The fourth-order valence-corrected chi connectivity index (χ4v) is 1.32. The Hall–Kier alpha value is -1.86. The van der Waals surface area contributed by atoms with Crippen molar-refractivity contribution in [2.45, 2.75) is 6.29 Å².